The first-order chi connectivity index (χ1) is 9.24. The molecule has 0 spiro atoms. The standard InChI is InChI=1S/C14H21NO4/c1-18-9-10-19-8-3-2-7-15-13-6-4-5-12(11-13)14(16)17/h4-6,11,15H,2-3,7-10H2,1H3,(H,16,17). The van der Waals surface area contributed by atoms with E-state index in [1.807, 2.05) is 6.07 Å². The number of carboxylic acid groups (broad SMARTS) is 1. The monoisotopic (exact) mass is 267 g/mol. The molecule has 0 aliphatic rings. The molecule has 5 nitrogen and oxygen atoms in total. The number of benzene rings is 1. The Bertz CT molecular complexity index is 381. The summed E-state index contributed by atoms with van der Waals surface area (Å²) in [5.41, 5.74) is 1.13. The molecular weight excluding hydrogens is 246 g/mol. The van der Waals surface area contributed by atoms with E-state index in [1.54, 1.807) is 25.3 Å². The smallest absolute Gasteiger partial charge is 0.335 e. The highest BCUT2D eigenvalue weighted by atomic mass is 16.5. The first-order valence-electron chi connectivity index (χ1n) is 6.38. The predicted octanol–water partition coefficient (Wildman–Crippen LogP) is 2.24. The Kier molecular flexibility index (Phi) is 7.62. The van der Waals surface area contributed by atoms with Crippen molar-refractivity contribution in [2.75, 3.05) is 38.8 Å². The van der Waals surface area contributed by atoms with Gasteiger partial charge in [-0.15, -0.1) is 0 Å². The quantitative estimate of drug-likeness (QED) is 0.636. The molecule has 1 aromatic rings. The van der Waals surface area contributed by atoms with Crippen LogP contribution in [0.5, 0.6) is 0 Å². The van der Waals surface area contributed by atoms with Crippen molar-refractivity contribution in [3.8, 4) is 0 Å². The molecule has 0 bridgehead atoms. The van der Waals surface area contributed by atoms with Crippen LogP contribution >= 0.6 is 0 Å². The normalized spacial score (nSPS) is 10.4. The molecule has 0 aromatic heterocycles. The molecule has 0 atom stereocenters. The van der Waals surface area contributed by atoms with Crippen molar-refractivity contribution in [1.82, 2.24) is 0 Å². The summed E-state index contributed by atoms with van der Waals surface area (Å²) in [7, 11) is 1.65. The molecule has 0 saturated heterocycles. The number of ether oxygens (including phenoxy) is 2. The summed E-state index contributed by atoms with van der Waals surface area (Å²) in [6.07, 6.45) is 1.94. The van der Waals surface area contributed by atoms with Crippen molar-refractivity contribution in [2.45, 2.75) is 12.8 Å². The van der Waals surface area contributed by atoms with E-state index in [0.29, 0.717) is 18.8 Å². The summed E-state index contributed by atoms with van der Waals surface area (Å²) < 4.78 is 10.2. The van der Waals surface area contributed by atoms with Crippen LogP contribution in [0.25, 0.3) is 0 Å². The number of rotatable bonds is 10. The molecule has 0 amide bonds. The SMILES string of the molecule is COCCOCCCCNc1cccc(C(=O)O)c1. The van der Waals surface area contributed by atoms with Gasteiger partial charge in [-0.1, -0.05) is 6.07 Å². The molecule has 0 radical (unpaired) electrons. The number of carbonyl (C=O) groups is 1. The van der Waals surface area contributed by atoms with Crippen LogP contribution in [0, 0.1) is 0 Å². The summed E-state index contributed by atoms with van der Waals surface area (Å²) in [4.78, 5) is 10.8. The molecule has 0 unspecified atom stereocenters. The summed E-state index contributed by atoms with van der Waals surface area (Å²) in [6.45, 7) is 2.78. The van der Waals surface area contributed by atoms with Crippen LogP contribution in [0.1, 0.15) is 23.2 Å². The molecular formula is C14H21NO4. The Morgan fingerprint density at radius 2 is 2.11 bits per heavy atom. The minimum atomic E-state index is -0.907. The van der Waals surface area contributed by atoms with Gasteiger partial charge in [-0.2, -0.15) is 0 Å². The van der Waals surface area contributed by atoms with Crippen molar-refractivity contribution in [3.05, 3.63) is 29.8 Å². The summed E-state index contributed by atoms with van der Waals surface area (Å²) in [5.74, 6) is -0.907. The van der Waals surface area contributed by atoms with E-state index in [1.165, 1.54) is 0 Å². The molecule has 5 heteroatoms. The lowest BCUT2D eigenvalue weighted by Crippen LogP contribution is -2.06. The Balaban J connectivity index is 2.12. The minimum Gasteiger partial charge on any atom is -0.478 e. The van der Waals surface area contributed by atoms with Crippen LogP contribution in [0.3, 0.4) is 0 Å². The van der Waals surface area contributed by atoms with Gasteiger partial charge in [0.1, 0.15) is 0 Å². The number of unbranched alkanes of at least 4 members (excludes halogenated alkanes) is 1. The fraction of sp³-hybridized carbons (Fsp3) is 0.500. The largest absolute Gasteiger partial charge is 0.478 e. The number of anilines is 1. The van der Waals surface area contributed by atoms with E-state index in [0.717, 1.165) is 31.7 Å². The highest BCUT2D eigenvalue weighted by Gasteiger charge is 2.02. The van der Waals surface area contributed by atoms with Gasteiger partial charge in [0.15, 0.2) is 0 Å². The van der Waals surface area contributed by atoms with Gasteiger partial charge < -0.3 is 19.9 Å². The third-order valence-electron chi connectivity index (χ3n) is 2.59. The molecule has 1 rings (SSSR count). The number of nitrogens with one attached hydrogen (secondary N) is 1. The van der Waals surface area contributed by atoms with Crippen molar-refractivity contribution in [1.29, 1.82) is 0 Å². The molecule has 0 saturated carbocycles. The van der Waals surface area contributed by atoms with Crippen molar-refractivity contribution >= 4 is 11.7 Å². The van der Waals surface area contributed by atoms with Gasteiger partial charge in [-0.05, 0) is 31.0 Å². The third-order valence-corrected chi connectivity index (χ3v) is 2.59. The van der Waals surface area contributed by atoms with E-state index in [-0.39, 0.29) is 0 Å². The molecule has 19 heavy (non-hydrogen) atoms. The maximum absolute atomic E-state index is 10.8. The number of hydrogen-bond acceptors (Lipinski definition) is 4. The first-order valence-corrected chi connectivity index (χ1v) is 6.38. The fourth-order valence-electron chi connectivity index (χ4n) is 1.57. The lowest BCUT2D eigenvalue weighted by Gasteiger charge is -2.07. The van der Waals surface area contributed by atoms with E-state index < -0.39 is 5.97 Å². The van der Waals surface area contributed by atoms with Gasteiger partial charge in [0, 0.05) is 25.9 Å². The van der Waals surface area contributed by atoms with E-state index in [2.05, 4.69) is 5.32 Å². The van der Waals surface area contributed by atoms with Gasteiger partial charge in [-0.3, -0.25) is 0 Å². The summed E-state index contributed by atoms with van der Waals surface area (Å²) in [5, 5.41) is 12.1. The number of aromatic carboxylic acids is 1. The van der Waals surface area contributed by atoms with E-state index in [4.69, 9.17) is 14.6 Å². The molecule has 1 aromatic carbocycles. The lowest BCUT2D eigenvalue weighted by atomic mass is 10.2. The fourth-order valence-corrected chi connectivity index (χ4v) is 1.57. The van der Waals surface area contributed by atoms with Crippen LogP contribution in [-0.2, 0) is 9.47 Å². The Morgan fingerprint density at radius 1 is 1.26 bits per heavy atom. The van der Waals surface area contributed by atoms with Crippen LogP contribution in [0.4, 0.5) is 5.69 Å². The summed E-state index contributed by atoms with van der Waals surface area (Å²) >= 11 is 0. The zero-order valence-corrected chi connectivity index (χ0v) is 11.2. The van der Waals surface area contributed by atoms with Crippen molar-refractivity contribution < 1.29 is 19.4 Å². The maximum Gasteiger partial charge on any atom is 0.335 e. The topological polar surface area (TPSA) is 67.8 Å². The summed E-state index contributed by atoms with van der Waals surface area (Å²) in [6, 6.07) is 6.82. The maximum atomic E-state index is 10.8. The van der Waals surface area contributed by atoms with Crippen LogP contribution in [0.15, 0.2) is 24.3 Å². The van der Waals surface area contributed by atoms with E-state index >= 15 is 0 Å². The molecule has 0 aliphatic carbocycles. The van der Waals surface area contributed by atoms with Gasteiger partial charge in [0.25, 0.3) is 0 Å². The van der Waals surface area contributed by atoms with Crippen LogP contribution in [-0.4, -0.2) is 44.6 Å². The second kappa shape index (κ2) is 9.35. The molecule has 0 fully saturated rings. The van der Waals surface area contributed by atoms with Gasteiger partial charge in [-0.25, -0.2) is 4.79 Å². The van der Waals surface area contributed by atoms with Gasteiger partial charge in [0.2, 0.25) is 0 Å². The Morgan fingerprint density at radius 3 is 2.84 bits per heavy atom. The first kappa shape index (κ1) is 15.5. The highest BCUT2D eigenvalue weighted by Crippen LogP contribution is 2.10. The van der Waals surface area contributed by atoms with Crippen molar-refractivity contribution in [3.63, 3.8) is 0 Å². The zero-order valence-electron chi connectivity index (χ0n) is 11.2. The molecule has 0 aliphatic heterocycles. The average molecular weight is 267 g/mol. The van der Waals surface area contributed by atoms with Crippen LogP contribution in [0.2, 0.25) is 0 Å². The highest BCUT2D eigenvalue weighted by molar-refractivity contribution is 5.88. The Labute approximate surface area is 113 Å². The zero-order chi connectivity index (χ0) is 13.9. The van der Waals surface area contributed by atoms with Crippen molar-refractivity contribution in [2.24, 2.45) is 0 Å². The lowest BCUT2D eigenvalue weighted by molar-refractivity contribution is 0.0691. The minimum absolute atomic E-state index is 0.299. The molecule has 2 N–H and O–H groups in total. The van der Waals surface area contributed by atoms with E-state index in [9.17, 15) is 4.79 Å². The second-order valence-corrected chi connectivity index (χ2v) is 4.13. The Hall–Kier alpha value is -1.59. The predicted molar refractivity (Wildman–Crippen MR) is 73.8 cm³/mol. The molecule has 0 heterocycles. The van der Waals surface area contributed by atoms with Gasteiger partial charge in [0.05, 0.1) is 18.8 Å². The van der Waals surface area contributed by atoms with Crippen LogP contribution < -0.4 is 5.32 Å². The second-order valence-electron chi connectivity index (χ2n) is 4.13. The molecule has 106 valence electrons. The number of methoxy groups -OCH3 is 1. The number of hydrogen-bond donors (Lipinski definition) is 2. The third kappa shape index (κ3) is 6.79. The van der Waals surface area contributed by atoms with Gasteiger partial charge >= 0.3 is 5.97 Å². The number of carboxylic acids is 1. The average Bonchev–Trinajstić information content (AvgIpc) is 2.42.